The van der Waals surface area contributed by atoms with Gasteiger partial charge in [0.15, 0.2) is 12.1 Å². The van der Waals surface area contributed by atoms with Crippen LogP contribution in [0.25, 0.3) is 0 Å². The topological polar surface area (TPSA) is 49.4 Å². The van der Waals surface area contributed by atoms with Crippen molar-refractivity contribution >= 4 is 0 Å². The van der Waals surface area contributed by atoms with Gasteiger partial charge in [-0.2, -0.15) is 5.06 Å². The van der Waals surface area contributed by atoms with Crippen molar-refractivity contribution in [2.24, 2.45) is 5.92 Å². The Kier molecular flexibility index (Phi) is 3.33. The van der Waals surface area contributed by atoms with Crippen molar-refractivity contribution < 1.29 is 23.8 Å². The van der Waals surface area contributed by atoms with Crippen LogP contribution in [0.2, 0.25) is 0 Å². The summed E-state index contributed by atoms with van der Waals surface area (Å²) in [4.78, 5) is 6.10. The molecule has 5 rings (SSSR count). The van der Waals surface area contributed by atoms with E-state index in [1.54, 1.807) is 0 Å². The van der Waals surface area contributed by atoms with Gasteiger partial charge in [0.2, 0.25) is 0 Å². The Balaban J connectivity index is 1.53. The zero-order chi connectivity index (χ0) is 16.4. The van der Waals surface area contributed by atoms with E-state index in [1.165, 1.54) is 5.56 Å². The van der Waals surface area contributed by atoms with Gasteiger partial charge in [-0.1, -0.05) is 30.3 Å². The molecule has 0 bridgehead atoms. The Bertz CT molecular complexity index is 623. The molecule has 0 unspecified atom stereocenters. The molecule has 4 aliphatic heterocycles. The highest BCUT2D eigenvalue weighted by atomic mass is 16.8. The molecule has 1 aromatic rings. The van der Waals surface area contributed by atoms with Gasteiger partial charge >= 0.3 is 0 Å². The van der Waals surface area contributed by atoms with Crippen LogP contribution in [0.4, 0.5) is 0 Å². The molecular weight excluding hydrogens is 310 g/mol. The first-order valence-corrected chi connectivity index (χ1v) is 8.63. The fraction of sp³-hybridized carbons (Fsp3) is 0.667. The van der Waals surface area contributed by atoms with Crippen molar-refractivity contribution in [1.29, 1.82) is 0 Å². The van der Waals surface area contributed by atoms with E-state index in [0.29, 0.717) is 26.4 Å². The lowest BCUT2D eigenvalue weighted by Crippen LogP contribution is -2.67. The smallest absolute Gasteiger partial charge is 0.181 e. The van der Waals surface area contributed by atoms with Crippen LogP contribution in [0.3, 0.4) is 0 Å². The number of hydrogen-bond acceptors (Lipinski definition) is 6. The predicted molar refractivity (Wildman–Crippen MR) is 83.7 cm³/mol. The number of rotatable bonds is 2. The molecule has 4 aliphatic rings. The molecule has 6 heteroatoms. The second-order valence-electron chi connectivity index (χ2n) is 7.50. The summed E-state index contributed by atoms with van der Waals surface area (Å²) in [6, 6.07) is 10.3. The summed E-state index contributed by atoms with van der Waals surface area (Å²) in [6.07, 6.45) is -0.558. The molecule has 130 valence electrons. The SMILES string of the molecule is CC1(C)O[C@H]2CO[C@@H]3OC[C@H]4CON(Cc5ccccc5)[C@]43[C@H]2O1. The van der Waals surface area contributed by atoms with Gasteiger partial charge in [-0.3, -0.25) is 4.84 Å². The molecule has 4 saturated heterocycles. The van der Waals surface area contributed by atoms with Gasteiger partial charge in [0, 0.05) is 5.92 Å². The van der Waals surface area contributed by atoms with Gasteiger partial charge in [0.1, 0.15) is 17.7 Å². The maximum Gasteiger partial charge on any atom is 0.181 e. The molecule has 0 aromatic heterocycles. The van der Waals surface area contributed by atoms with E-state index in [4.69, 9.17) is 23.8 Å². The van der Waals surface area contributed by atoms with Gasteiger partial charge in [0.25, 0.3) is 0 Å². The average Bonchev–Trinajstić information content (AvgIpc) is 3.18. The minimum atomic E-state index is -0.615. The van der Waals surface area contributed by atoms with Crippen LogP contribution in [-0.4, -0.2) is 54.7 Å². The highest BCUT2D eigenvalue weighted by Crippen LogP contribution is 2.53. The van der Waals surface area contributed by atoms with E-state index >= 15 is 0 Å². The molecule has 0 saturated carbocycles. The lowest BCUT2D eigenvalue weighted by atomic mass is 9.77. The Hall–Kier alpha value is -1.02. The summed E-state index contributed by atoms with van der Waals surface area (Å²) in [6.45, 7) is 6.33. The number of ether oxygens (including phenoxy) is 4. The molecule has 1 spiro atoms. The highest BCUT2D eigenvalue weighted by molar-refractivity contribution is 5.19. The van der Waals surface area contributed by atoms with Crippen LogP contribution in [0.15, 0.2) is 30.3 Å². The van der Waals surface area contributed by atoms with E-state index in [2.05, 4.69) is 12.1 Å². The van der Waals surface area contributed by atoms with Crippen LogP contribution in [0.1, 0.15) is 19.4 Å². The molecule has 4 fully saturated rings. The van der Waals surface area contributed by atoms with Gasteiger partial charge in [-0.15, -0.1) is 0 Å². The van der Waals surface area contributed by atoms with Crippen LogP contribution in [0, 0.1) is 5.92 Å². The second-order valence-corrected chi connectivity index (χ2v) is 7.50. The van der Waals surface area contributed by atoms with Crippen molar-refractivity contribution in [3.05, 3.63) is 35.9 Å². The quantitative estimate of drug-likeness (QED) is 0.821. The summed E-state index contributed by atoms with van der Waals surface area (Å²) in [7, 11) is 0. The van der Waals surface area contributed by atoms with Gasteiger partial charge in [-0.25, -0.2) is 0 Å². The van der Waals surface area contributed by atoms with Crippen LogP contribution >= 0.6 is 0 Å². The van der Waals surface area contributed by atoms with Gasteiger partial charge < -0.3 is 18.9 Å². The zero-order valence-corrected chi connectivity index (χ0v) is 14.0. The number of hydrogen-bond donors (Lipinski definition) is 0. The Morgan fingerprint density at radius 3 is 2.67 bits per heavy atom. The Labute approximate surface area is 141 Å². The third-order valence-corrected chi connectivity index (χ3v) is 5.56. The maximum atomic E-state index is 6.34. The first-order chi connectivity index (χ1) is 11.6. The van der Waals surface area contributed by atoms with E-state index in [1.807, 2.05) is 37.1 Å². The predicted octanol–water partition coefficient (Wildman–Crippen LogP) is 1.70. The van der Waals surface area contributed by atoms with Crippen molar-refractivity contribution in [2.45, 2.75) is 50.2 Å². The van der Waals surface area contributed by atoms with E-state index < -0.39 is 11.3 Å². The lowest BCUT2D eigenvalue weighted by Gasteiger charge is -2.47. The number of nitrogens with zero attached hydrogens (tertiary/aromatic N) is 1. The number of fused-ring (bicyclic) bond motifs is 1. The fourth-order valence-electron chi connectivity index (χ4n) is 4.61. The summed E-state index contributed by atoms with van der Waals surface area (Å²) in [5.41, 5.74) is 0.741. The molecule has 6 nitrogen and oxygen atoms in total. The summed E-state index contributed by atoms with van der Waals surface area (Å²) >= 11 is 0. The molecule has 0 radical (unpaired) electrons. The molecular formula is C18H23NO5. The monoisotopic (exact) mass is 333 g/mol. The van der Waals surface area contributed by atoms with Crippen LogP contribution in [-0.2, 0) is 30.3 Å². The number of benzene rings is 1. The first-order valence-electron chi connectivity index (χ1n) is 8.63. The van der Waals surface area contributed by atoms with Gasteiger partial charge in [0.05, 0.1) is 26.4 Å². The molecule has 5 atom stereocenters. The minimum absolute atomic E-state index is 0.0968. The Morgan fingerprint density at radius 2 is 1.83 bits per heavy atom. The summed E-state index contributed by atoms with van der Waals surface area (Å²) in [5.74, 6) is -0.396. The number of hydroxylamine groups is 2. The largest absolute Gasteiger partial charge is 0.350 e. The zero-order valence-electron chi connectivity index (χ0n) is 14.0. The first kappa shape index (κ1) is 15.3. The molecule has 0 amide bonds. The van der Waals surface area contributed by atoms with Gasteiger partial charge in [-0.05, 0) is 19.4 Å². The fourth-order valence-corrected chi connectivity index (χ4v) is 4.61. The van der Waals surface area contributed by atoms with Crippen molar-refractivity contribution in [2.75, 3.05) is 19.8 Å². The van der Waals surface area contributed by atoms with Crippen LogP contribution in [0.5, 0.6) is 0 Å². The molecule has 0 aliphatic carbocycles. The summed E-state index contributed by atoms with van der Waals surface area (Å²) < 4.78 is 24.4. The van der Waals surface area contributed by atoms with Crippen molar-refractivity contribution in [3.63, 3.8) is 0 Å². The van der Waals surface area contributed by atoms with E-state index in [-0.39, 0.29) is 24.4 Å². The summed E-state index contributed by atoms with van der Waals surface area (Å²) in [5, 5.41) is 2.03. The lowest BCUT2D eigenvalue weighted by molar-refractivity contribution is -0.296. The molecule has 0 N–H and O–H groups in total. The Morgan fingerprint density at radius 1 is 1.04 bits per heavy atom. The molecule has 24 heavy (non-hydrogen) atoms. The minimum Gasteiger partial charge on any atom is -0.350 e. The highest BCUT2D eigenvalue weighted by Gasteiger charge is 2.71. The maximum absolute atomic E-state index is 6.34. The van der Waals surface area contributed by atoms with E-state index in [0.717, 1.165) is 0 Å². The second kappa shape index (κ2) is 5.24. The molecule has 4 heterocycles. The van der Waals surface area contributed by atoms with Crippen LogP contribution < -0.4 is 0 Å². The average molecular weight is 333 g/mol. The third kappa shape index (κ3) is 2.05. The van der Waals surface area contributed by atoms with Crippen molar-refractivity contribution in [1.82, 2.24) is 5.06 Å². The third-order valence-electron chi connectivity index (χ3n) is 5.56. The standard InChI is InChI=1S/C18H23NO5/c1-17(2)23-14-11-21-16-18(15(14)24-17)13(9-20-16)10-22-19(18)8-12-6-4-3-5-7-12/h3-7,13-16H,8-11H2,1-2H3/t13-,14-,15-,16-,18-/m0/s1. The normalized spacial score (nSPS) is 43.4. The molecule has 1 aromatic carbocycles. The van der Waals surface area contributed by atoms with E-state index in [9.17, 15) is 0 Å². The van der Waals surface area contributed by atoms with Crippen molar-refractivity contribution in [3.8, 4) is 0 Å².